The fraction of sp³-hybridized carbons (Fsp3) is 0.400. The van der Waals surface area contributed by atoms with Gasteiger partial charge >= 0.3 is 0 Å². The number of hydroxylamine groups is 2. The summed E-state index contributed by atoms with van der Waals surface area (Å²) in [6.45, 7) is 2.13. The van der Waals surface area contributed by atoms with E-state index in [1.54, 1.807) is 0 Å². The molecule has 1 aliphatic heterocycles. The van der Waals surface area contributed by atoms with E-state index in [4.69, 9.17) is 4.84 Å². The van der Waals surface area contributed by atoms with E-state index in [0.717, 1.165) is 18.8 Å². The first-order chi connectivity index (χ1) is 5.95. The van der Waals surface area contributed by atoms with Crippen molar-refractivity contribution in [2.75, 3.05) is 13.1 Å². The Labute approximate surface area is 72.7 Å². The van der Waals surface area contributed by atoms with E-state index < -0.39 is 0 Å². The summed E-state index contributed by atoms with van der Waals surface area (Å²) in [5.41, 5.74) is 0. The van der Waals surface area contributed by atoms with Crippen molar-refractivity contribution in [1.82, 2.24) is 5.06 Å². The van der Waals surface area contributed by atoms with Gasteiger partial charge in [0.05, 0.1) is 0 Å². The quantitative estimate of drug-likeness (QED) is 0.661. The second-order valence-electron chi connectivity index (χ2n) is 3.04. The zero-order valence-electron chi connectivity index (χ0n) is 7.07. The number of hydrogen-bond donors (Lipinski definition) is 0. The highest BCUT2D eigenvalue weighted by atomic mass is 16.7. The molecule has 2 nitrogen and oxygen atoms in total. The fourth-order valence-corrected chi connectivity index (χ4v) is 1.41. The van der Waals surface area contributed by atoms with Gasteiger partial charge in [0.2, 0.25) is 0 Å². The van der Waals surface area contributed by atoms with E-state index in [0.29, 0.717) is 0 Å². The maximum absolute atomic E-state index is 5.61. The molecule has 0 N–H and O–H groups in total. The normalized spacial score (nSPS) is 18.0. The third-order valence-electron chi connectivity index (χ3n) is 2.04. The predicted octanol–water partition coefficient (Wildman–Crippen LogP) is 2.08. The van der Waals surface area contributed by atoms with Gasteiger partial charge in [0.15, 0.2) is 0 Å². The molecule has 2 heteroatoms. The van der Waals surface area contributed by atoms with Gasteiger partial charge in [0.25, 0.3) is 0 Å². The van der Waals surface area contributed by atoms with Gasteiger partial charge in [0, 0.05) is 13.1 Å². The highest BCUT2D eigenvalue weighted by Crippen LogP contribution is 2.14. The summed E-state index contributed by atoms with van der Waals surface area (Å²) < 4.78 is 0. The molecule has 0 aliphatic carbocycles. The van der Waals surface area contributed by atoms with Crippen molar-refractivity contribution in [2.24, 2.45) is 0 Å². The van der Waals surface area contributed by atoms with Gasteiger partial charge in [-0.2, -0.15) is 0 Å². The molecule has 12 heavy (non-hydrogen) atoms. The molecule has 1 fully saturated rings. The van der Waals surface area contributed by atoms with E-state index in [1.807, 2.05) is 35.4 Å². The van der Waals surface area contributed by atoms with E-state index in [2.05, 4.69) is 0 Å². The Balaban J connectivity index is 1.94. The molecule has 0 saturated carbocycles. The largest absolute Gasteiger partial charge is 0.406 e. The van der Waals surface area contributed by atoms with Crippen LogP contribution in [0.1, 0.15) is 12.8 Å². The molecule has 64 valence electrons. The lowest BCUT2D eigenvalue weighted by molar-refractivity contribution is -0.0346. The first-order valence-electron chi connectivity index (χ1n) is 4.43. The maximum atomic E-state index is 5.61. The third kappa shape index (κ3) is 1.77. The van der Waals surface area contributed by atoms with E-state index in [1.165, 1.54) is 12.8 Å². The van der Waals surface area contributed by atoms with Crippen LogP contribution in [0.4, 0.5) is 0 Å². The summed E-state index contributed by atoms with van der Waals surface area (Å²) in [6.07, 6.45) is 2.51. The molecule has 0 radical (unpaired) electrons. The highest BCUT2D eigenvalue weighted by Gasteiger charge is 2.12. The molecule has 0 aromatic heterocycles. The zero-order valence-corrected chi connectivity index (χ0v) is 7.07. The van der Waals surface area contributed by atoms with Crippen LogP contribution in [0, 0.1) is 0 Å². The van der Waals surface area contributed by atoms with Crippen molar-refractivity contribution in [3.8, 4) is 5.75 Å². The number of benzene rings is 1. The Morgan fingerprint density at radius 1 is 1.00 bits per heavy atom. The minimum Gasteiger partial charge on any atom is -0.406 e. The molecule has 0 atom stereocenters. The SMILES string of the molecule is c1ccc(ON2CCCC2)cc1. The van der Waals surface area contributed by atoms with Gasteiger partial charge in [0.1, 0.15) is 5.75 Å². The number of nitrogens with zero attached hydrogens (tertiary/aromatic N) is 1. The van der Waals surface area contributed by atoms with E-state index in [-0.39, 0.29) is 0 Å². The van der Waals surface area contributed by atoms with Gasteiger partial charge in [-0.3, -0.25) is 0 Å². The maximum Gasteiger partial charge on any atom is 0.147 e. The fourth-order valence-electron chi connectivity index (χ4n) is 1.41. The van der Waals surface area contributed by atoms with Crippen molar-refractivity contribution in [1.29, 1.82) is 0 Å². The molecule has 0 amide bonds. The summed E-state index contributed by atoms with van der Waals surface area (Å²) in [7, 11) is 0. The minimum atomic E-state index is 0.944. The van der Waals surface area contributed by atoms with Crippen molar-refractivity contribution < 1.29 is 4.84 Å². The minimum absolute atomic E-state index is 0.944. The Morgan fingerprint density at radius 2 is 1.67 bits per heavy atom. The van der Waals surface area contributed by atoms with Gasteiger partial charge < -0.3 is 4.84 Å². The number of hydrogen-bond acceptors (Lipinski definition) is 2. The first-order valence-corrected chi connectivity index (χ1v) is 4.43. The van der Waals surface area contributed by atoms with Crippen molar-refractivity contribution >= 4 is 0 Å². The Hall–Kier alpha value is -1.02. The highest BCUT2D eigenvalue weighted by molar-refractivity contribution is 5.20. The zero-order chi connectivity index (χ0) is 8.23. The van der Waals surface area contributed by atoms with Crippen molar-refractivity contribution in [3.63, 3.8) is 0 Å². The van der Waals surface area contributed by atoms with Crippen LogP contribution in [0.5, 0.6) is 5.75 Å². The van der Waals surface area contributed by atoms with Crippen LogP contribution < -0.4 is 4.84 Å². The summed E-state index contributed by atoms with van der Waals surface area (Å²) in [5, 5.41) is 2.02. The van der Waals surface area contributed by atoms with Crippen LogP contribution in [-0.4, -0.2) is 18.2 Å². The van der Waals surface area contributed by atoms with E-state index in [9.17, 15) is 0 Å². The van der Waals surface area contributed by atoms with Crippen LogP contribution in [0.3, 0.4) is 0 Å². The van der Waals surface area contributed by atoms with Crippen LogP contribution >= 0.6 is 0 Å². The summed E-state index contributed by atoms with van der Waals surface area (Å²) in [5.74, 6) is 0.944. The molecule has 1 aromatic rings. The smallest absolute Gasteiger partial charge is 0.147 e. The number of rotatable bonds is 2. The summed E-state index contributed by atoms with van der Waals surface area (Å²) in [6, 6.07) is 9.95. The molecule has 2 rings (SSSR count). The van der Waals surface area contributed by atoms with Crippen molar-refractivity contribution in [2.45, 2.75) is 12.8 Å². The second kappa shape index (κ2) is 3.59. The lowest BCUT2D eigenvalue weighted by Gasteiger charge is -2.15. The monoisotopic (exact) mass is 163 g/mol. The average molecular weight is 163 g/mol. The van der Waals surface area contributed by atoms with Crippen LogP contribution in [0.15, 0.2) is 30.3 Å². The molecule has 0 unspecified atom stereocenters. The molecule has 1 aromatic carbocycles. The first kappa shape index (κ1) is 7.62. The third-order valence-corrected chi connectivity index (χ3v) is 2.04. The lowest BCUT2D eigenvalue weighted by Crippen LogP contribution is -2.23. The molecule has 0 spiro atoms. The van der Waals surface area contributed by atoms with E-state index >= 15 is 0 Å². The Morgan fingerprint density at radius 3 is 2.33 bits per heavy atom. The molecular formula is C10H13NO. The van der Waals surface area contributed by atoms with Crippen LogP contribution in [-0.2, 0) is 0 Å². The number of para-hydroxylation sites is 1. The molecule has 1 aliphatic rings. The average Bonchev–Trinajstić information content (AvgIpc) is 2.59. The summed E-state index contributed by atoms with van der Waals surface area (Å²) in [4.78, 5) is 5.61. The van der Waals surface area contributed by atoms with Gasteiger partial charge in [-0.15, -0.1) is 5.06 Å². The molecule has 1 saturated heterocycles. The Kier molecular flexibility index (Phi) is 2.28. The van der Waals surface area contributed by atoms with Crippen molar-refractivity contribution in [3.05, 3.63) is 30.3 Å². The second-order valence-corrected chi connectivity index (χ2v) is 3.04. The van der Waals surface area contributed by atoms with Gasteiger partial charge in [-0.05, 0) is 25.0 Å². The molecular weight excluding hydrogens is 150 g/mol. The predicted molar refractivity (Wildman–Crippen MR) is 47.9 cm³/mol. The van der Waals surface area contributed by atoms with Crippen LogP contribution in [0.2, 0.25) is 0 Å². The van der Waals surface area contributed by atoms with Gasteiger partial charge in [-0.1, -0.05) is 18.2 Å². The van der Waals surface area contributed by atoms with Crippen LogP contribution in [0.25, 0.3) is 0 Å². The molecule has 0 bridgehead atoms. The molecule has 1 heterocycles. The lowest BCUT2D eigenvalue weighted by atomic mass is 10.3. The van der Waals surface area contributed by atoms with Gasteiger partial charge in [-0.25, -0.2) is 0 Å². The Bertz CT molecular complexity index is 229. The topological polar surface area (TPSA) is 12.5 Å². The summed E-state index contributed by atoms with van der Waals surface area (Å²) >= 11 is 0. The standard InChI is InChI=1S/C10H13NO/c1-2-6-10(7-3-1)12-11-8-4-5-9-11/h1-3,6-7H,4-5,8-9H2.